The van der Waals surface area contributed by atoms with Gasteiger partial charge in [-0.3, -0.25) is 39.3 Å². The van der Waals surface area contributed by atoms with E-state index in [1.807, 2.05) is 0 Å². The molecule has 5 amide bonds. The van der Waals surface area contributed by atoms with E-state index in [2.05, 4.69) is 48.2 Å². The fourth-order valence-corrected chi connectivity index (χ4v) is 11.5. The van der Waals surface area contributed by atoms with E-state index < -0.39 is 52.9 Å². The number of nitrogens with zero attached hydrogens (tertiary/aromatic N) is 7. The van der Waals surface area contributed by atoms with Crippen molar-refractivity contribution in [3.63, 3.8) is 0 Å². The molecule has 18 nitrogen and oxygen atoms in total. The van der Waals surface area contributed by atoms with Crippen molar-refractivity contribution in [1.82, 2.24) is 40.3 Å². The average Bonchev–Trinajstić information content (AvgIpc) is 4.06. The largest absolute Gasteiger partial charge is 0.508 e. The third-order valence-electron chi connectivity index (χ3n) is 15.0. The zero-order valence-corrected chi connectivity index (χ0v) is 39.3. The van der Waals surface area contributed by atoms with Crippen LogP contribution < -0.4 is 25.6 Å². The third-order valence-corrected chi connectivity index (χ3v) is 15.0. The van der Waals surface area contributed by atoms with E-state index in [-0.39, 0.29) is 108 Å². The number of amides is 5. The number of piperazine rings is 1. The molecule has 11 rings (SSSR count). The van der Waals surface area contributed by atoms with Crippen molar-refractivity contribution in [3.05, 3.63) is 89.1 Å². The second-order valence-corrected chi connectivity index (χ2v) is 19.6. The van der Waals surface area contributed by atoms with Crippen LogP contribution in [0.5, 0.6) is 11.8 Å². The summed E-state index contributed by atoms with van der Waals surface area (Å²) in [6.45, 7) is 6.89. The number of aromatic nitrogens is 3. The van der Waals surface area contributed by atoms with Crippen molar-refractivity contribution >= 4 is 62.9 Å². The van der Waals surface area contributed by atoms with Crippen LogP contribution in [0.2, 0.25) is 0 Å². The molecule has 6 aliphatic heterocycles. The molecule has 5 aromatic rings. The Hall–Kier alpha value is -7.76. The van der Waals surface area contributed by atoms with E-state index in [0.29, 0.717) is 61.2 Å². The van der Waals surface area contributed by atoms with Crippen LogP contribution in [-0.4, -0.2) is 147 Å². The minimum atomic E-state index is -1.07. The quantitative estimate of drug-likeness (QED) is 0.0746. The molecular formula is C52H50F2N10O8. The highest BCUT2D eigenvalue weighted by Crippen LogP contribution is 2.45. The highest BCUT2D eigenvalue weighted by atomic mass is 19.1. The normalized spacial score (nSPS) is 23.7. The SMILES string of the molecule is C#Cc1c(F)ccc2cc(O)cc(-c3ncc4c(N5CC6CCC(C5)N6)nc(OC[C@@]56CC[C@@H](COC(=O)N(C)CCNc7ccc8c(c7)C(=O)N(C7CCC(=O)NC7=O)C8=O)N5CC(=C)C6)nc4c3F)c12. The first kappa shape index (κ1) is 46.6. The highest BCUT2D eigenvalue weighted by Gasteiger charge is 2.52. The molecule has 6 aliphatic rings. The number of ether oxygens (including phenoxy) is 2. The van der Waals surface area contributed by atoms with Crippen LogP contribution in [0.1, 0.15) is 71.2 Å². The Morgan fingerprint density at radius 3 is 2.60 bits per heavy atom. The number of carbonyl (C=O) groups is 5. The molecule has 72 heavy (non-hydrogen) atoms. The fraction of sp³-hybridized carbons (Fsp3) is 0.385. The first-order valence-electron chi connectivity index (χ1n) is 24.0. The van der Waals surface area contributed by atoms with E-state index in [4.69, 9.17) is 20.9 Å². The predicted octanol–water partition coefficient (Wildman–Crippen LogP) is 4.87. The number of benzene rings is 3. The summed E-state index contributed by atoms with van der Waals surface area (Å²) < 4.78 is 44.7. The van der Waals surface area contributed by atoms with Crippen LogP contribution in [0.4, 0.5) is 25.1 Å². The predicted molar refractivity (Wildman–Crippen MR) is 259 cm³/mol. The summed E-state index contributed by atoms with van der Waals surface area (Å²) in [6.07, 6.45) is 10.8. The van der Waals surface area contributed by atoms with Crippen molar-refractivity contribution < 1.29 is 47.3 Å². The Morgan fingerprint density at radius 1 is 1.03 bits per heavy atom. The number of phenols is 1. The number of piperidine rings is 1. The number of phenolic OH excluding ortho intramolecular Hbond substituents is 1. The molecule has 5 fully saturated rings. The minimum absolute atomic E-state index is 0.0229. The summed E-state index contributed by atoms with van der Waals surface area (Å²) in [4.78, 5) is 84.6. The molecule has 5 saturated heterocycles. The number of imide groups is 2. The summed E-state index contributed by atoms with van der Waals surface area (Å²) in [5, 5.41) is 20.7. The molecule has 0 radical (unpaired) electrons. The van der Waals surface area contributed by atoms with Gasteiger partial charge in [-0.05, 0) is 80.3 Å². The number of rotatable bonds is 12. The zero-order valence-electron chi connectivity index (χ0n) is 39.3. The molecule has 0 spiro atoms. The molecule has 20 heteroatoms. The summed E-state index contributed by atoms with van der Waals surface area (Å²) in [5.74, 6) is -1.15. The molecule has 3 unspecified atom stereocenters. The number of fused-ring (bicyclic) bond motifs is 6. The second kappa shape index (κ2) is 18.1. The van der Waals surface area contributed by atoms with Crippen molar-refractivity contribution in [1.29, 1.82) is 0 Å². The summed E-state index contributed by atoms with van der Waals surface area (Å²) >= 11 is 0. The van der Waals surface area contributed by atoms with Crippen LogP contribution >= 0.6 is 0 Å². The molecule has 3 aromatic carbocycles. The lowest BCUT2D eigenvalue weighted by molar-refractivity contribution is -0.136. The van der Waals surface area contributed by atoms with Crippen LogP contribution in [0.3, 0.4) is 0 Å². The van der Waals surface area contributed by atoms with E-state index in [1.54, 1.807) is 13.1 Å². The standard InChI is InChI=1S/C52H50F2N10O8/c1-4-34-39(53)10-5-28-17-33(65)19-37(42(28)34)44-43(54)45-38(21-56-44)46(62-23-30-6-7-31(24-62)57-30)60-50(59-45)72-26-52-14-13-32(63(52)22-27(2)20-52)25-71-51(70)61(3)16-15-55-29-8-9-35-36(18-29)49(69)64(48(35)68)40-11-12-41(66)58-47(40)67/h1,5,8-10,17-19,21,30-32,40,55,57,65H,2,6-7,11-16,20,22-26H2,3H3,(H,58,66,67)/t30?,31?,32-,40?,52-/m0/s1. The van der Waals surface area contributed by atoms with Gasteiger partial charge < -0.3 is 35.0 Å². The van der Waals surface area contributed by atoms with E-state index in [0.717, 1.165) is 23.3 Å². The molecule has 0 aliphatic carbocycles. The number of carbonyl (C=O) groups excluding carboxylic acids is 5. The first-order chi connectivity index (χ1) is 34.7. The van der Waals surface area contributed by atoms with Crippen molar-refractivity contribution in [2.24, 2.45) is 0 Å². The Balaban J connectivity index is 0.769. The van der Waals surface area contributed by atoms with Crippen LogP contribution in [0.15, 0.2) is 60.8 Å². The number of hydrogen-bond acceptors (Lipinski definition) is 15. The lowest BCUT2D eigenvalue weighted by Crippen LogP contribution is -2.54. The van der Waals surface area contributed by atoms with Gasteiger partial charge in [0, 0.05) is 87.2 Å². The maximum Gasteiger partial charge on any atom is 0.409 e. The molecule has 8 heterocycles. The minimum Gasteiger partial charge on any atom is -0.508 e. The smallest absolute Gasteiger partial charge is 0.409 e. The van der Waals surface area contributed by atoms with E-state index in [1.165, 1.54) is 47.5 Å². The Morgan fingerprint density at radius 2 is 1.82 bits per heavy atom. The Kier molecular flexibility index (Phi) is 11.7. The van der Waals surface area contributed by atoms with Crippen molar-refractivity contribution in [3.8, 4) is 35.4 Å². The summed E-state index contributed by atoms with van der Waals surface area (Å²) in [7, 11) is 1.61. The Bertz CT molecular complexity index is 3210. The molecule has 2 bridgehead atoms. The van der Waals surface area contributed by atoms with Gasteiger partial charge in [0.1, 0.15) is 47.9 Å². The number of hydrogen-bond donors (Lipinski definition) is 4. The fourth-order valence-electron chi connectivity index (χ4n) is 11.5. The Labute approximate surface area is 411 Å². The molecule has 0 saturated carbocycles. The topological polar surface area (TPSA) is 212 Å². The van der Waals surface area contributed by atoms with Gasteiger partial charge in [0.2, 0.25) is 11.8 Å². The number of nitrogens with one attached hydrogen (secondary N) is 3. The number of terminal acetylenes is 1. The van der Waals surface area contributed by atoms with E-state index in [9.17, 15) is 29.1 Å². The number of pyridine rings is 1. The average molecular weight is 981 g/mol. The van der Waals surface area contributed by atoms with Crippen LogP contribution in [0, 0.1) is 24.0 Å². The van der Waals surface area contributed by atoms with Crippen molar-refractivity contribution in [2.45, 2.75) is 74.7 Å². The highest BCUT2D eigenvalue weighted by molar-refractivity contribution is 6.23. The maximum absolute atomic E-state index is 17.2. The van der Waals surface area contributed by atoms with Gasteiger partial charge in [0.05, 0.1) is 27.6 Å². The lowest BCUT2D eigenvalue weighted by atomic mass is 9.94. The molecule has 5 atom stereocenters. The maximum atomic E-state index is 17.2. The van der Waals surface area contributed by atoms with E-state index >= 15 is 8.78 Å². The lowest BCUT2D eigenvalue weighted by Gasteiger charge is -2.35. The van der Waals surface area contributed by atoms with Gasteiger partial charge in [0.25, 0.3) is 11.8 Å². The monoisotopic (exact) mass is 980 g/mol. The molecule has 2 aromatic heterocycles. The van der Waals surface area contributed by atoms with Crippen molar-refractivity contribution in [2.75, 3.05) is 63.2 Å². The first-order valence-corrected chi connectivity index (χ1v) is 24.0. The number of halogens is 2. The summed E-state index contributed by atoms with van der Waals surface area (Å²) in [6, 6.07) is 9.29. The van der Waals surface area contributed by atoms with Gasteiger partial charge in [-0.2, -0.15) is 9.97 Å². The van der Waals surface area contributed by atoms with Gasteiger partial charge in [-0.15, -0.1) is 6.42 Å². The van der Waals surface area contributed by atoms with Gasteiger partial charge in [-0.25, -0.2) is 13.6 Å². The number of anilines is 2. The van der Waals surface area contributed by atoms with Gasteiger partial charge in [-0.1, -0.05) is 24.1 Å². The van der Waals surface area contributed by atoms with Gasteiger partial charge >= 0.3 is 12.1 Å². The van der Waals surface area contributed by atoms with Crippen LogP contribution in [0.25, 0.3) is 32.9 Å². The molecule has 4 N–H and O–H groups in total. The zero-order chi connectivity index (χ0) is 50.2. The summed E-state index contributed by atoms with van der Waals surface area (Å²) in [5.41, 5.74) is 1.08. The van der Waals surface area contributed by atoms with Crippen LogP contribution in [-0.2, 0) is 14.3 Å². The van der Waals surface area contributed by atoms with Gasteiger partial charge in [0.15, 0.2) is 5.82 Å². The third kappa shape index (κ3) is 8.15. The number of aromatic hydroxyl groups is 1. The second-order valence-electron chi connectivity index (χ2n) is 19.6. The number of likely N-dealkylation sites (N-methyl/N-ethyl adjacent to an activating group) is 1. The molecular weight excluding hydrogens is 931 g/mol. The molecule has 370 valence electrons.